The second kappa shape index (κ2) is 5.40. The highest BCUT2D eigenvalue weighted by Gasteiger charge is 2.27. The first-order valence-electron chi connectivity index (χ1n) is 6.19. The number of halogens is 1. The van der Waals surface area contributed by atoms with E-state index in [-0.39, 0.29) is 12.1 Å². The summed E-state index contributed by atoms with van der Waals surface area (Å²) in [6.45, 7) is 0.577. The van der Waals surface area contributed by atoms with Crippen molar-refractivity contribution in [1.29, 1.82) is 0 Å². The Morgan fingerprint density at radius 2 is 2.37 bits per heavy atom. The molecule has 3 rings (SSSR count). The molecule has 1 fully saturated rings. The summed E-state index contributed by atoms with van der Waals surface area (Å²) >= 11 is 3.44. The van der Waals surface area contributed by atoms with Crippen LogP contribution < -0.4 is 5.32 Å². The molecule has 100 valence electrons. The Balaban J connectivity index is 1.71. The summed E-state index contributed by atoms with van der Waals surface area (Å²) < 4.78 is 6.29. The first-order valence-corrected chi connectivity index (χ1v) is 6.98. The number of β-amino-alcohol motifs (C(OH)–C–C–N with tert-alkyl or cyclic N) is 1. The Morgan fingerprint density at radius 1 is 1.47 bits per heavy atom. The van der Waals surface area contributed by atoms with Crippen LogP contribution in [0.25, 0.3) is 0 Å². The first-order chi connectivity index (χ1) is 9.20. The van der Waals surface area contributed by atoms with Crippen LogP contribution >= 0.6 is 15.9 Å². The van der Waals surface area contributed by atoms with Gasteiger partial charge in [-0.05, 0) is 24.1 Å². The monoisotopic (exact) mass is 323 g/mol. The molecule has 19 heavy (non-hydrogen) atoms. The average Bonchev–Trinajstić information content (AvgIpc) is 2.98. The molecule has 0 aliphatic carbocycles. The van der Waals surface area contributed by atoms with Crippen LogP contribution in [0.2, 0.25) is 0 Å². The zero-order valence-corrected chi connectivity index (χ0v) is 11.8. The van der Waals surface area contributed by atoms with Gasteiger partial charge in [-0.1, -0.05) is 33.2 Å². The molecular weight excluding hydrogens is 310 g/mol. The Kier molecular flexibility index (Phi) is 3.63. The molecule has 1 aliphatic heterocycles. The number of hydrogen-bond donors (Lipinski definition) is 2. The molecule has 2 heterocycles. The van der Waals surface area contributed by atoms with E-state index in [1.807, 2.05) is 24.3 Å². The van der Waals surface area contributed by atoms with Crippen molar-refractivity contribution in [2.45, 2.75) is 25.0 Å². The minimum absolute atomic E-state index is 0.0289. The molecule has 1 aromatic heterocycles. The minimum Gasteiger partial charge on any atom is -0.392 e. The Labute approximate surface area is 119 Å². The number of rotatable bonds is 3. The number of hydrogen-bond acceptors (Lipinski definition) is 5. The van der Waals surface area contributed by atoms with Crippen molar-refractivity contribution in [3.05, 3.63) is 46.0 Å². The summed E-state index contributed by atoms with van der Waals surface area (Å²) in [6, 6.07) is 8.00. The summed E-state index contributed by atoms with van der Waals surface area (Å²) in [5, 5.41) is 16.6. The molecule has 2 atom stereocenters. The Bertz CT molecular complexity index is 573. The fourth-order valence-electron chi connectivity index (χ4n) is 2.22. The summed E-state index contributed by atoms with van der Waals surface area (Å²) in [5.74, 6) is 1.22. The van der Waals surface area contributed by atoms with Crippen LogP contribution in [-0.2, 0) is 6.42 Å². The highest BCUT2D eigenvalue weighted by molar-refractivity contribution is 9.10. The van der Waals surface area contributed by atoms with Gasteiger partial charge in [0.05, 0.1) is 12.1 Å². The van der Waals surface area contributed by atoms with Gasteiger partial charge < -0.3 is 14.9 Å². The van der Waals surface area contributed by atoms with E-state index in [0.717, 1.165) is 10.0 Å². The number of aliphatic hydroxyl groups excluding tert-OH is 1. The van der Waals surface area contributed by atoms with Crippen LogP contribution in [0.1, 0.15) is 29.7 Å². The van der Waals surface area contributed by atoms with Gasteiger partial charge in [-0.25, -0.2) is 0 Å². The maximum Gasteiger partial charge on any atom is 0.243 e. The third-order valence-corrected chi connectivity index (χ3v) is 3.63. The molecule has 0 radical (unpaired) electrons. The predicted molar refractivity (Wildman–Crippen MR) is 72.6 cm³/mol. The fourth-order valence-corrected chi connectivity index (χ4v) is 2.66. The van der Waals surface area contributed by atoms with Gasteiger partial charge in [0.15, 0.2) is 5.82 Å². The largest absolute Gasteiger partial charge is 0.392 e. The van der Waals surface area contributed by atoms with E-state index in [4.69, 9.17) is 4.52 Å². The number of aromatic nitrogens is 2. The standard InChI is InChI=1S/C13H14BrN3O2/c14-9-3-1-2-8(4-9)5-12-16-13(19-17-12)11-6-10(18)7-15-11/h1-4,10-11,15,18H,5-7H2/t10-,11+/m0/s1. The highest BCUT2D eigenvalue weighted by Crippen LogP contribution is 2.22. The van der Waals surface area contributed by atoms with E-state index in [1.165, 1.54) is 0 Å². The minimum atomic E-state index is -0.328. The maximum absolute atomic E-state index is 9.48. The lowest BCUT2D eigenvalue weighted by atomic mass is 10.1. The summed E-state index contributed by atoms with van der Waals surface area (Å²) in [7, 11) is 0. The molecule has 1 aromatic carbocycles. The zero-order valence-electron chi connectivity index (χ0n) is 10.2. The number of benzene rings is 1. The van der Waals surface area contributed by atoms with Crippen molar-refractivity contribution in [3.8, 4) is 0 Å². The van der Waals surface area contributed by atoms with Crippen LogP contribution in [0, 0.1) is 0 Å². The highest BCUT2D eigenvalue weighted by atomic mass is 79.9. The molecule has 5 nitrogen and oxygen atoms in total. The van der Waals surface area contributed by atoms with Crippen molar-refractivity contribution >= 4 is 15.9 Å². The topological polar surface area (TPSA) is 71.2 Å². The van der Waals surface area contributed by atoms with Gasteiger partial charge in [0, 0.05) is 17.4 Å². The van der Waals surface area contributed by atoms with Crippen LogP contribution in [0.15, 0.2) is 33.3 Å². The summed E-state index contributed by atoms with van der Waals surface area (Å²) in [6.07, 6.45) is 0.932. The SMILES string of the molecule is O[C@@H]1CN[C@@H](c2nc(Cc3cccc(Br)c3)no2)C1. The maximum atomic E-state index is 9.48. The van der Waals surface area contributed by atoms with E-state index in [9.17, 15) is 5.11 Å². The van der Waals surface area contributed by atoms with Crippen molar-refractivity contribution in [2.24, 2.45) is 0 Å². The molecule has 6 heteroatoms. The van der Waals surface area contributed by atoms with Crippen LogP contribution in [-0.4, -0.2) is 27.9 Å². The van der Waals surface area contributed by atoms with Crippen LogP contribution in [0.4, 0.5) is 0 Å². The molecule has 0 bridgehead atoms. The predicted octanol–water partition coefficient (Wildman–Crippen LogP) is 1.82. The van der Waals surface area contributed by atoms with Crippen molar-refractivity contribution < 1.29 is 9.63 Å². The van der Waals surface area contributed by atoms with Crippen LogP contribution in [0.3, 0.4) is 0 Å². The summed E-state index contributed by atoms with van der Waals surface area (Å²) in [4.78, 5) is 4.38. The van der Waals surface area contributed by atoms with Gasteiger partial charge in [0.25, 0.3) is 0 Å². The van der Waals surface area contributed by atoms with Gasteiger partial charge in [-0.15, -0.1) is 0 Å². The third-order valence-electron chi connectivity index (χ3n) is 3.14. The molecule has 1 saturated heterocycles. The first kappa shape index (κ1) is 12.8. The van der Waals surface area contributed by atoms with E-state index < -0.39 is 0 Å². The molecule has 2 aromatic rings. The van der Waals surface area contributed by atoms with Crippen molar-refractivity contribution in [2.75, 3.05) is 6.54 Å². The molecule has 0 spiro atoms. The lowest BCUT2D eigenvalue weighted by Gasteiger charge is -2.01. The summed E-state index contributed by atoms with van der Waals surface area (Å²) in [5.41, 5.74) is 1.13. The van der Waals surface area contributed by atoms with Gasteiger partial charge in [-0.3, -0.25) is 0 Å². The normalized spacial score (nSPS) is 22.8. The second-order valence-electron chi connectivity index (χ2n) is 4.71. The fraction of sp³-hybridized carbons (Fsp3) is 0.385. The lowest BCUT2D eigenvalue weighted by Crippen LogP contribution is -2.15. The van der Waals surface area contributed by atoms with E-state index in [1.54, 1.807) is 0 Å². The Morgan fingerprint density at radius 3 is 3.11 bits per heavy atom. The number of aliphatic hydroxyl groups is 1. The molecule has 0 unspecified atom stereocenters. The molecule has 1 aliphatic rings. The van der Waals surface area contributed by atoms with E-state index in [2.05, 4.69) is 31.4 Å². The lowest BCUT2D eigenvalue weighted by molar-refractivity contribution is 0.191. The molecular formula is C13H14BrN3O2. The average molecular weight is 324 g/mol. The van der Waals surface area contributed by atoms with E-state index >= 15 is 0 Å². The smallest absolute Gasteiger partial charge is 0.243 e. The van der Waals surface area contributed by atoms with Gasteiger partial charge >= 0.3 is 0 Å². The van der Waals surface area contributed by atoms with Gasteiger partial charge in [0.2, 0.25) is 5.89 Å². The van der Waals surface area contributed by atoms with Crippen molar-refractivity contribution in [3.63, 3.8) is 0 Å². The van der Waals surface area contributed by atoms with Gasteiger partial charge in [-0.2, -0.15) is 4.98 Å². The number of nitrogens with zero attached hydrogens (tertiary/aromatic N) is 2. The van der Waals surface area contributed by atoms with Gasteiger partial charge in [0.1, 0.15) is 0 Å². The second-order valence-corrected chi connectivity index (χ2v) is 5.62. The molecule has 2 N–H and O–H groups in total. The molecule has 0 amide bonds. The molecule has 0 saturated carbocycles. The quantitative estimate of drug-likeness (QED) is 0.901. The zero-order chi connectivity index (χ0) is 13.2. The van der Waals surface area contributed by atoms with Crippen LogP contribution in [0.5, 0.6) is 0 Å². The van der Waals surface area contributed by atoms with Crippen molar-refractivity contribution in [1.82, 2.24) is 15.5 Å². The Hall–Kier alpha value is -1.24. The van der Waals surface area contributed by atoms with E-state index in [0.29, 0.717) is 31.1 Å². The number of nitrogens with one attached hydrogen (secondary N) is 1. The third kappa shape index (κ3) is 3.02.